The van der Waals surface area contributed by atoms with E-state index in [0.717, 1.165) is 6.22 Å². The van der Waals surface area contributed by atoms with Crippen molar-refractivity contribution in [2.24, 2.45) is 0 Å². The molecule has 35 heavy (non-hydrogen) atoms. The lowest BCUT2D eigenvalue weighted by molar-refractivity contribution is 1.12. The normalized spacial score (nSPS) is 13.7. The number of anilines is 2. The third-order valence-electron chi connectivity index (χ3n) is 7.45. The van der Waals surface area contributed by atoms with Gasteiger partial charge in [-0.15, -0.1) is 0 Å². The summed E-state index contributed by atoms with van der Waals surface area (Å²) in [6, 6.07) is 31.2. The first-order chi connectivity index (χ1) is 16.8. The van der Waals surface area contributed by atoms with Crippen molar-refractivity contribution in [1.82, 2.24) is 0 Å². The Bertz CT molecular complexity index is 1200. The van der Waals surface area contributed by atoms with Crippen molar-refractivity contribution in [3.8, 4) is 0 Å². The fraction of sp³-hybridized carbons (Fsp3) is 0.226. The number of hydrogen-bond donors (Lipinski definition) is 0. The molecule has 0 N–H and O–H groups in total. The van der Waals surface area contributed by atoms with Crippen molar-refractivity contribution < 1.29 is 0 Å². The van der Waals surface area contributed by atoms with E-state index in [0.29, 0.717) is 0 Å². The number of rotatable bonds is 4. The summed E-state index contributed by atoms with van der Waals surface area (Å²) in [5, 5.41) is 0. The maximum Gasteiger partial charge on any atom is 0.308 e. The lowest BCUT2D eigenvalue weighted by Gasteiger charge is -2.40. The van der Waals surface area contributed by atoms with Crippen LogP contribution in [0, 0.1) is 41.5 Å². The molecule has 0 unspecified atom stereocenters. The van der Waals surface area contributed by atoms with Crippen LogP contribution in [0.4, 0.5) is 11.4 Å². The summed E-state index contributed by atoms with van der Waals surface area (Å²) in [5.74, 6) is 0. The van der Waals surface area contributed by atoms with E-state index in [1.807, 2.05) is 0 Å². The standard InChI is InChI=1S/C31H34B2N2/c1-22-17-24(3)30(25(4)18-22)32-21-33(31-26(5)19-23(2)20-27(31)6)35(29-15-11-8-12-16-29)34(32)28-13-9-7-10-14-28/h7-20H,21H2,1-6H3. The van der Waals surface area contributed by atoms with E-state index in [1.54, 1.807) is 0 Å². The van der Waals surface area contributed by atoms with Crippen LogP contribution in [0.3, 0.4) is 0 Å². The zero-order valence-electron chi connectivity index (χ0n) is 21.8. The average molecular weight is 456 g/mol. The molecule has 5 rings (SSSR count). The van der Waals surface area contributed by atoms with Crippen LogP contribution < -0.4 is 20.8 Å². The van der Waals surface area contributed by atoms with Gasteiger partial charge in [-0.25, -0.2) is 0 Å². The van der Waals surface area contributed by atoms with Crippen molar-refractivity contribution in [3.63, 3.8) is 0 Å². The van der Waals surface area contributed by atoms with Gasteiger partial charge in [0.05, 0.1) is 0 Å². The zero-order chi connectivity index (χ0) is 24.7. The van der Waals surface area contributed by atoms with Gasteiger partial charge in [-0.3, -0.25) is 0 Å². The first-order valence-electron chi connectivity index (χ1n) is 12.7. The Morgan fingerprint density at radius 1 is 0.486 bits per heavy atom. The van der Waals surface area contributed by atoms with Gasteiger partial charge >= 0.3 is 13.7 Å². The molecule has 4 aromatic carbocycles. The first-order valence-corrected chi connectivity index (χ1v) is 12.7. The third kappa shape index (κ3) is 4.27. The van der Waals surface area contributed by atoms with Crippen LogP contribution in [0.5, 0.6) is 0 Å². The average Bonchev–Trinajstić information content (AvgIpc) is 3.18. The van der Waals surface area contributed by atoms with Gasteiger partial charge in [0.1, 0.15) is 0 Å². The Hall–Kier alpha value is -3.39. The van der Waals surface area contributed by atoms with Crippen molar-refractivity contribution in [2.75, 3.05) is 9.84 Å². The first kappa shape index (κ1) is 23.4. The van der Waals surface area contributed by atoms with Crippen LogP contribution in [0.1, 0.15) is 33.4 Å². The summed E-state index contributed by atoms with van der Waals surface area (Å²) in [6.45, 7) is 14.0. The number of hydrazine groups is 1. The second-order valence-corrected chi connectivity index (χ2v) is 10.3. The molecular formula is C31H34B2N2. The Balaban J connectivity index is 1.78. The number of benzene rings is 4. The molecule has 174 valence electrons. The molecule has 1 aliphatic heterocycles. The number of aryl methyl sites for hydroxylation is 6. The van der Waals surface area contributed by atoms with Crippen LogP contribution >= 0.6 is 0 Å². The van der Waals surface area contributed by atoms with Gasteiger partial charge in [0, 0.05) is 11.4 Å². The number of hydrogen-bond acceptors (Lipinski definition) is 2. The summed E-state index contributed by atoms with van der Waals surface area (Å²) in [6.07, 6.45) is 1.03. The predicted octanol–water partition coefficient (Wildman–Crippen LogP) is 6.12. The molecule has 4 heteroatoms. The Kier molecular flexibility index (Phi) is 6.23. The molecule has 0 amide bonds. The second-order valence-electron chi connectivity index (χ2n) is 10.3. The molecule has 0 bridgehead atoms. The van der Waals surface area contributed by atoms with E-state index in [9.17, 15) is 0 Å². The summed E-state index contributed by atoms with van der Waals surface area (Å²) in [4.78, 5) is 5.12. The molecule has 0 saturated carbocycles. The Morgan fingerprint density at radius 3 is 1.11 bits per heavy atom. The molecule has 1 aliphatic rings. The smallest absolute Gasteiger partial charge is 0.308 e. The van der Waals surface area contributed by atoms with Crippen LogP contribution in [-0.2, 0) is 0 Å². The van der Waals surface area contributed by atoms with E-state index in [4.69, 9.17) is 0 Å². The van der Waals surface area contributed by atoms with E-state index >= 15 is 0 Å². The topological polar surface area (TPSA) is 6.48 Å². The molecule has 1 saturated heterocycles. The molecule has 0 radical (unpaired) electrons. The van der Waals surface area contributed by atoms with Gasteiger partial charge in [0.15, 0.2) is 0 Å². The summed E-state index contributed by atoms with van der Waals surface area (Å²) in [5.41, 5.74) is 13.5. The van der Waals surface area contributed by atoms with Crippen LogP contribution in [0.2, 0.25) is 6.22 Å². The van der Waals surface area contributed by atoms with Crippen LogP contribution in [0.15, 0.2) is 84.9 Å². The highest BCUT2D eigenvalue weighted by Gasteiger charge is 2.48. The van der Waals surface area contributed by atoms with Gasteiger partial charge in [0.2, 0.25) is 0 Å². The second kappa shape index (κ2) is 9.34. The maximum absolute atomic E-state index is 2.56. The van der Waals surface area contributed by atoms with Crippen molar-refractivity contribution in [3.05, 3.63) is 118 Å². The Morgan fingerprint density at radius 2 is 0.800 bits per heavy atom. The van der Waals surface area contributed by atoms with Gasteiger partial charge in [-0.2, -0.15) is 0 Å². The lowest BCUT2D eigenvalue weighted by Crippen LogP contribution is -2.55. The maximum atomic E-state index is 2.56. The summed E-state index contributed by atoms with van der Waals surface area (Å²) in [7, 11) is 0. The molecule has 0 aromatic heterocycles. The molecule has 0 spiro atoms. The third-order valence-corrected chi connectivity index (χ3v) is 7.45. The highest BCUT2D eigenvalue weighted by molar-refractivity contribution is 6.99. The molecule has 2 nitrogen and oxygen atoms in total. The van der Waals surface area contributed by atoms with Crippen LogP contribution in [0.25, 0.3) is 0 Å². The molecule has 1 fully saturated rings. The summed E-state index contributed by atoms with van der Waals surface area (Å²) < 4.78 is 0. The summed E-state index contributed by atoms with van der Waals surface area (Å²) >= 11 is 0. The fourth-order valence-corrected chi connectivity index (χ4v) is 6.40. The predicted molar refractivity (Wildman–Crippen MR) is 155 cm³/mol. The van der Waals surface area contributed by atoms with E-state index in [2.05, 4.69) is 136 Å². The highest BCUT2D eigenvalue weighted by Crippen LogP contribution is 2.34. The SMILES string of the molecule is Cc1cc(C)c(B2CB(c3c(C)cc(C)cc3C)N(c3ccccc3)N2c2ccccc2)c(C)c1. The minimum atomic E-state index is 0.239. The van der Waals surface area contributed by atoms with Gasteiger partial charge in [0.25, 0.3) is 0 Å². The largest absolute Gasteiger partial charge is 0.336 e. The fourth-order valence-electron chi connectivity index (χ4n) is 6.40. The number of para-hydroxylation sites is 2. The molecule has 0 aliphatic carbocycles. The van der Waals surface area contributed by atoms with Gasteiger partial charge in [-0.05, 0) is 83.0 Å². The molecule has 1 heterocycles. The molecule has 0 atom stereocenters. The van der Waals surface area contributed by atoms with Crippen molar-refractivity contribution >= 4 is 36.0 Å². The number of nitrogens with zero attached hydrogens (tertiary/aromatic N) is 2. The van der Waals surface area contributed by atoms with Crippen LogP contribution in [-0.4, -0.2) is 13.7 Å². The molecule has 4 aromatic rings. The van der Waals surface area contributed by atoms with Gasteiger partial charge < -0.3 is 9.84 Å². The minimum absolute atomic E-state index is 0.239. The van der Waals surface area contributed by atoms with Crippen molar-refractivity contribution in [2.45, 2.75) is 47.8 Å². The zero-order valence-corrected chi connectivity index (χ0v) is 21.8. The van der Waals surface area contributed by atoms with E-state index < -0.39 is 0 Å². The Labute approximate surface area is 211 Å². The highest BCUT2D eigenvalue weighted by atomic mass is 15.6. The quantitative estimate of drug-likeness (QED) is 0.342. The minimum Gasteiger partial charge on any atom is -0.336 e. The van der Waals surface area contributed by atoms with Gasteiger partial charge in [-0.1, -0.05) is 94.0 Å². The van der Waals surface area contributed by atoms with Crippen molar-refractivity contribution in [1.29, 1.82) is 0 Å². The molecular weight excluding hydrogens is 422 g/mol. The van der Waals surface area contributed by atoms with E-state index in [-0.39, 0.29) is 13.7 Å². The monoisotopic (exact) mass is 456 g/mol. The van der Waals surface area contributed by atoms with E-state index in [1.165, 1.54) is 55.7 Å². The lowest BCUT2D eigenvalue weighted by atomic mass is 9.36.